The van der Waals surface area contributed by atoms with Crippen LogP contribution in [0.5, 0.6) is 0 Å². The zero-order valence-corrected chi connectivity index (χ0v) is 16.3. The summed E-state index contributed by atoms with van der Waals surface area (Å²) in [7, 11) is 0. The molecule has 0 aromatic carbocycles. The molecule has 0 aliphatic heterocycles. The molecule has 0 aliphatic rings. The molecule has 0 saturated heterocycles. The van der Waals surface area contributed by atoms with Crippen LogP contribution in [0.4, 0.5) is 4.39 Å². The van der Waals surface area contributed by atoms with E-state index in [2.05, 4.69) is 52.6 Å². The number of aromatic nitrogens is 1. The molecular weight excluding hydrogens is 356 g/mol. The SMILES string of the molecule is Fc1[c]cccn1.[CH2]CCC.[CH2]CCC.[CH2]CCC.[Sn]. The number of rotatable bonds is 3. The van der Waals surface area contributed by atoms with E-state index in [1.165, 1.54) is 31.5 Å². The van der Waals surface area contributed by atoms with Gasteiger partial charge in [0.25, 0.3) is 0 Å². The Balaban J connectivity index is -0.0000000881. The van der Waals surface area contributed by atoms with Crippen LogP contribution in [0.2, 0.25) is 0 Å². The van der Waals surface area contributed by atoms with Crippen molar-refractivity contribution in [2.45, 2.75) is 59.3 Å². The van der Waals surface area contributed by atoms with E-state index in [9.17, 15) is 4.39 Å². The Hall–Kier alpha value is -0.121. The zero-order valence-electron chi connectivity index (χ0n) is 13.4. The van der Waals surface area contributed by atoms with Crippen LogP contribution in [0.1, 0.15) is 59.3 Å². The molecule has 0 amide bonds. The maximum absolute atomic E-state index is 11.7. The first-order valence-corrected chi connectivity index (χ1v) is 7.00. The van der Waals surface area contributed by atoms with Gasteiger partial charge in [0.1, 0.15) is 0 Å². The predicted molar refractivity (Wildman–Crippen MR) is 89.6 cm³/mol. The number of nitrogens with zero attached hydrogens (tertiary/aromatic N) is 1. The number of hydrogen-bond acceptors (Lipinski definition) is 1. The van der Waals surface area contributed by atoms with Gasteiger partial charge in [-0.3, -0.25) is 0 Å². The van der Waals surface area contributed by atoms with Crippen LogP contribution >= 0.6 is 0 Å². The normalized spacial score (nSPS) is 7.55. The summed E-state index contributed by atoms with van der Waals surface area (Å²) >= 11 is 0. The average Bonchev–Trinajstić information content (AvgIpc) is 2.48. The fraction of sp³-hybridized carbons (Fsp3) is 0.529. The Morgan fingerprint density at radius 1 is 1.00 bits per heavy atom. The maximum Gasteiger partial charge on any atom is 0.220 e. The minimum Gasteiger partial charge on any atom is -0.228 e. The molecule has 0 aliphatic carbocycles. The second-order valence-corrected chi connectivity index (χ2v) is 3.63. The molecule has 1 rings (SSSR count). The molecule has 1 heterocycles. The van der Waals surface area contributed by atoms with Crippen molar-refractivity contribution < 1.29 is 4.39 Å². The number of halogens is 1. The minimum atomic E-state index is -0.553. The molecule has 114 valence electrons. The molecule has 0 unspecified atom stereocenters. The summed E-state index contributed by atoms with van der Waals surface area (Å²) in [5, 5.41) is 0. The molecule has 1 aromatic heterocycles. The van der Waals surface area contributed by atoms with E-state index in [4.69, 9.17) is 0 Å². The Labute approximate surface area is 143 Å². The van der Waals surface area contributed by atoms with Crippen LogP contribution in [0.3, 0.4) is 0 Å². The fourth-order valence-corrected chi connectivity index (χ4v) is 0.306. The summed E-state index contributed by atoms with van der Waals surface area (Å²) in [6.07, 6.45) is 8.21. The Bertz CT molecular complexity index is 202. The zero-order chi connectivity index (χ0) is 15.4. The van der Waals surface area contributed by atoms with E-state index >= 15 is 0 Å². The molecule has 0 N–H and O–H groups in total. The summed E-state index contributed by atoms with van der Waals surface area (Å²) in [5.41, 5.74) is 0. The number of unbranched alkanes of at least 4 members (excludes halogenated alkanes) is 3. The van der Waals surface area contributed by atoms with Gasteiger partial charge in [0, 0.05) is 36.2 Å². The summed E-state index contributed by atoms with van der Waals surface area (Å²) in [6.45, 7) is 17.2. The smallest absolute Gasteiger partial charge is 0.220 e. The third-order valence-electron chi connectivity index (χ3n) is 1.63. The predicted octanol–water partition coefficient (Wildman–Crippen LogP) is 5.50. The largest absolute Gasteiger partial charge is 0.228 e. The summed E-state index contributed by atoms with van der Waals surface area (Å²) in [4.78, 5) is 3.26. The van der Waals surface area contributed by atoms with Gasteiger partial charge in [-0.05, 0) is 12.1 Å². The van der Waals surface area contributed by atoms with Gasteiger partial charge in [-0.15, -0.1) is 0 Å². The van der Waals surface area contributed by atoms with Crippen molar-refractivity contribution in [3.05, 3.63) is 51.1 Å². The fourth-order valence-electron chi connectivity index (χ4n) is 0.306. The molecule has 0 bridgehead atoms. The molecule has 0 fully saturated rings. The molecule has 1 aromatic rings. The molecular formula is C17H30FNSn. The monoisotopic (exact) mass is 387 g/mol. The minimum absolute atomic E-state index is 0. The van der Waals surface area contributed by atoms with Crippen molar-refractivity contribution in [1.29, 1.82) is 0 Å². The van der Waals surface area contributed by atoms with Crippen LogP contribution < -0.4 is 0 Å². The van der Waals surface area contributed by atoms with Gasteiger partial charge in [-0.2, -0.15) is 4.39 Å². The molecule has 0 saturated carbocycles. The molecule has 0 atom stereocenters. The third kappa shape index (κ3) is 43.0. The average molecular weight is 386 g/mol. The van der Waals surface area contributed by atoms with Crippen molar-refractivity contribution >= 4 is 23.9 Å². The third-order valence-corrected chi connectivity index (χ3v) is 1.63. The Morgan fingerprint density at radius 2 is 1.35 bits per heavy atom. The van der Waals surface area contributed by atoms with E-state index in [-0.39, 0.29) is 23.9 Å². The molecule has 20 heavy (non-hydrogen) atoms. The van der Waals surface area contributed by atoms with E-state index < -0.39 is 5.95 Å². The van der Waals surface area contributed by atoms with Gasteiger partial charge in [0.05, 0.1) is 0 Å². The number of hydrogen-bond donors (Lipinski definition) is 0. The molecule has 0 spiro atoms. The summed E-state index contributed by atoms with van der Waals surface area (Å²) in [6, 6.07) is 5.34. The van der Waals surface area contributed by atoms with Gasteiger partial charge >= 0.3 is 0 Å². The van der Waals surface area contributed by atoms with E-state index in [0.717, 1.165) is 19.3 Å². The van der Waals surface area contributed by atoms with Gasteiger partial charge in [0.2, 0.25) is 5.95 Å². The van der Waals surface area contributed by atoms with E-state index in [1.54, 1.807) is 6.07 Å². The first kappa shape index (κ1) is 28.1. The van der Waals surface area contributed by atoms with Gasteiger partial charge in [-0.25, -0.2) is 4.98 Å². The summed E-state index contributed by atoms with van der Waals surface area (Å²) in [5.74, 6) is -0.553. The van der Waals surface area contributed by atoms with Crippen molar-refractivity contribution in [2.24, 2.45) is 0 Å². The van der Waals surface area contributed by atoms with Crippen molar-refractivity contribution in [3.8, 4) is 0 Å². The van der Waals surface area contributed by atoms with Crippen LogP contribution in [-0.4, -0.2) is 28.9 Å². The quantitative estimate of drug-likeness (QED) is 0.494. The van der Waals surface area contributed by atoms with Crippen molar-refractivity contribution in [3.63, 3.8) is 0 Å². The first-order chi connectivity index (χ1) is 9.14. The summed E-state index contributed by atoms with van der Waals surface area (Å²) < 4.78 is 11.7. The van der Waals surface area contributed by atoms with Crippen LogP contribution in [0.15, 0.2) is 18.3 Å². The molecule has 8 radical (unpaired) electrons. The van der Waals surface area contributed by atoms with Crippen LogP contribution in [0, 0.1) is 32.8 Å². The van der Waals surface area contributed by atoms with Crippen LogP contribution in [0.25, 0.3) is 0 Å². The van der Waals surface area contributed by atoms with Gasteiger partial charge < -0.3 is 0 Å². The second kappa shape index (κ2) is 31.3. The topological polar surface area (TPSA) is 12.9 Å². The molecule has 3 heteroatoms. The van der Waals surface area contributed by atoms with E-state index in [0.29, 0.717) is 0 Å². The maximum atomic E-state index is 11.7. The Kier molecular flexibility index (Phi) is 44.0. The second-order valence-electron chi connectivity index (χ2n) is 3.63. The number of pyridine rings is 1. The van der Waals surface area contributed by atoms with Crippen molar-refractivity contribution in [2.75, 3.05) is 0 Å². The standard InChI is InChI=1S/C5H3FN.3C4H9.Sn/c6-5-3-1-2-4-7-5;3*1-3-4-2;/h1-2,4H;3*1,3-4H2,2H3;. The first-order valence-electron chi connectivity index (χ1n) is 7.00. The Morgan fingerprint density at radius 3 is 1.45 bits per heavy atom. The van der Waals surface area contributed by atoms with Crippen molar-refractivity contribution in [1.82, 2.24) is 4.98 Å². The van der Waals surface area contributed by atoms with Crippen LogP contribution in [-0.2, 0) is 0 Å². The molecule has 1 nitrogen and oxygen atoms in total. The van der Waals surface area contributed by atoms with Gasteiger partial charge in [-0.1, -0.05) is 80.1 Å². The van der Waals surface area contributed by atoms with Gasteiger partial charge in [0.15, 0.2) is 0 Å². The van der Waals surface area contributed by atoms with E-state index in [1.807, 2.05) is 0 Å².